The summed E-state index contributed by atoms with van der Waals surface area (Å²) >= 11 is 6.14. The Morgan fingerprint density at radius 3 is 2.68 bits per heavy atom. The molecule has 25 heavy (non-hydrogen) atoms. The van der Waals surface area contributed by atoms with Crippen LogP contribution in [0.5, 0.6) is 5.75 Å². The summed E-state index contributed by atoms with van der Waals surface area (Å²) in [5.74, 6) is 0.454. The Balaban J connectivity index is 2.09. The maximum atomic E-state index is 12.9. The van der Waals surface area contributed by atoms with E-state index in [9.17, 15) is 8.42 Å². The van der Waals surface area contributed by atoms with E-state index >= 15 is 0 Å². The Morgan fingerprint density at radius 2 is 2.00 bits per heavy atom. The van der Waals surface area contributed by atoms with Crippen molar-refractivity contribution >= 4 is 38.4 Å². The van der Waals surface area contributed by atoms with E-state index in [-0.39, 0.29) is 22.4 Å². The van der Waals surface area contributed by atoms with E-state index in [2.05, 4.69) is 9.88 Å². The molecule has 0 atom stereocenters. The van der Waals surface area contributed by atoms with Crippen LogP contribution in [0.1, 0.15) is 25.3 Å². The molecule has 0 spiro atoms. The first-order chi connectivity index (χ1) is 11.8. The first-order valence-corrected chi connectivity index (χ1v) is 9.44. The highest BCUT2D eigenvalue weighted by molar-refractivity contribution is 7.92. The number of hydrogen-bond acceptors (Lipinski definition) is 5. The standard InChI is InChI=1S/C17H17ClN2O4S/c1-10(2)11-7-8-13(23-3)15(9-11)25(21,22)20-17-16-12(18)5-4-6-14(16)24-19-17/h4-10H,1-3H3,(H,19,20). The van der Waals surface area contributed by atoms with Gasteiger partial charge in [-0.05, 0) is 35.7 Å². The minimum absolute atomic E-state index is 0.0319. The lowest BCUT2D eigenvalue weighted by Gasteiger charge is -2.13. The predicted octanol–water partition coefficient (Wildman–Crippen LogP) is 4.41. The lowest BCUT2D eigenvalue weighted by Crippen LogP contribution is -2.15. The number of anilines is 1. The minimum Gasteiger partial charge on any atom is -0.495 e. The highest BCUT2D eigenvalue weighted by atomic mass is 35.5. The van der Waals surface area contributed by atoms with Gasteiger partial charge in [0.25, 0.3) is 10.0 Å². The summed E-state index contributed by atoms with van der Waals surface area (Å²) in [4.78, 5) is 0.0319. The zero-order chi connectivity index (χ0) is 18.2. The minimum atomic E-state index is -3.95. The van der Waals surface area contributed by atoms with Crippen molar-refractivity contribution < 1.29 is 17.7 Å². The van der Waals surface area contributed by atoms with Gasteiger partial charge in [-0.15, -0.1) is 0 Å². The van der Waals surface area contributed by atoms with Crippen molar-refractivity contribution in [3.05, 3.63) is 47.0 Å². The summed E-state index contributed by atoms with van der Waals surface area (Å²) in [5, 5.41) is 4.54. The summed E-state index contributed by atoms with van der Waals surface area (Å²) in [5.41, 5.74) is 1.28. The summed E-state index contributed by atoms with van der Waals surface area (Å²) in [7, 11) is -2.52. The number of nitrogens with zero attached hydrogens (tertiary/aromatic N) is 1. The van der Waals surface area contributed by atoms with E-state index in [1.807, 2.05) is 19.9 Å². The molecule has 0 aliphatic rings. The number of sulfonamides is 1. The van der Waals surface area contributed by atoms with Crippen LogP contribution >= 0.6 is 11.6 Å². The van der Waals surface area contributed by atoms with Gasteiger partial charge in [0.05, 0.1) is 17.5 Å². The van der Waals surface area contributed by atoms with E-state index in [1.165, 1.54) is 7.11 Å². The SMILES string of the molecule is COc1ccc(C(C)C)cc1S(=O)(=O)Nc1noc2cccc(Cl)c12. The van der Waals surface area contributed by atoms with E-state index in [0.29, 0.717) is 16.0 Å². The van der Waals surface area contributed by atoms with Crippen molar-refractivity contribution in [2.45, 2.75) is 24.7 Å². The van der Waals surface area contributed by atoms with Crippen molar-refractivity contribution in [1.29, 1.82) is 0 Å². The molecule has 0 saturated carbocycles. The number of nitrogens with one attached hydrogen (secondary N) is 1. The molecule has 132 valence electrons. The van der Waals surface area contributed by atoms with Crippen LogP contribution < -0.4 is 9.46 Å². The molecule has 3 rings (SSSR count). The number of methoxy groups -OCH3 is 1. The fourth-order valence-electron chi connectivity index (χ4n) is 2.47. The van der Waals surface area contributed by atoms with Crippen LogP contribution in [0, 0.1) is 0 Å². The fraction of sp³-hybridized carbons (Fsp3) is 0.235. The second-order valence-corrected chi connectivity index (χ2v) is 7.87. The van der Waals surface area contributed by atoms with Gasteiger partial charge in [-0.3, -0.25) is 4.72 Å². The average Bonchev–Trinajstić information content (AvgIpc) is 2.97. The van der Waals surface area contributed by atoms with E-state index in [1.54, 1.807) is 30.3 Å². The maximum Gasteiger partial charge on any atom is 0.266 e. The molecule has 1 heterocycles. The molecule has 0 aliphatic heterocycles. The molecule has 0 fully saturated rings. The molecule has 3 aromatic rings. The van der Waals surface area contributed by atoms with Crippen LogP contribution in [-0.2, 0) is 10.0 Å². The topological polar surface area (TPSA) is 81.4 Å². The number of benzene rings is 2. The summed E-state index contributed by atoms with van der Waals surface area (Å²) in [6.45, 7) is 3.97. The molecule has 1 aromatic heterocycles. The van der Waals surface area contributed by atoms with Crippen molar-refractivity contribution in [3.8, 4) is 5.75 Å². The van der Waals surface area contributed by atoms with Gasteiger partial charge in [-0.25, -0.2) is 8.42 Å². The second kappa shape index (κ2) is 6.57. The number of fused-ring (bicyclic) bond motifs is 1. The van der Waals surface area contributed by atoms with Crippen molar-refractivity contribution in [2.24, 2.45) is 0 Å². The summed E-state index contributed by atoms with van der Waals surface area (Å²) in [6, 6.07) is 10.1. The molecule has 0 unspecified atom stereocenters. The average molecular weight is 381 g/mol. The fourth-order valence-corrected chi connectivity index (χ4v) is 3.93. The molecule has 0 aliphatic carbocycles. The van der Waals surface area contributed by atoms with Gasteiger partial charge in [0.1, 0.15) is 10.6 Å². The third-order valence-corrected chi connectivity index (χ3v) is 5.50. The van der Waals surface area contributed by atoms with E-state index in [0.717, 1.165) is 5.56 Å². The van der Waals surface area contributed by atoms with Crippen LogP contribution in [0.4, 0.5) is 5.82 Å². The zero-order valence-electron chi connectivity index (χ0n) is 13.9. The molecule has 0 radical (unpaired) electrons. The number of rotatable bonds is 5. The number of halogens is 1. The smallest absolute Gasteiger partial charge is 0.266 e. The second-order valence-electron chi connectivity index (χ2n) is 5.81. The molecular weight excluding hydrogens is 364 g/mol. The Labute approximate surface area is 150 Å². The van der Waals surface area contributed by atoms with E-state index in [4.69, 9.17) is 20.9 Å². The summed E-state index contributed by atoms with van der Waals surface area (Å²) < 4.78 is 38.6. The quantitative estimate of drug-likeness (QED) is 0.708. The Kier molecular flexibility index (Phi) is 4.62. The van der Waals surface area contributed by atoms with Crippen molar-refractivity contribution in [2.75, 3.05) is 11.8 Å². The van der Waals surface area contributed by atoms with Gasteiger partial charge < -0.3 is 9.26 Å². The van der Waals surface area contributed by atoms with Gasteiger partial charge in [0, 0.05) is 0 Å². The molecule has 1 N–H and O–H groups in total. The maximum absolute atomic E-state index is 12.9. The molecule has 8 heteroatoms. The zero-order valence-corrected chi connectivity index (χ0v) is 15.5. The predicted molar refractivity (Wildman–Crippen MR) is 96.9 cm³/mol. The van der Waals surface area contributed by atoms with Gasteiger partial charge in [0.2, 0.25) is 0 Å². The summed E-state index contributed by atoms with van der Waals surface area (Å²) in [6.07, 6.45) is 0. The first kappa shape index (κ1) is 17.6. The van der Waals surface area contributed by atoms with Crippen LogP contribution in [0.25, 0.3) is 11.0 Å². The third kappa shape index (κ3) is 3.29. The molecular formula is C17H17ClN2O4S. The van der Waals surface area contributed by atoms with Gasteiger partial charge in [-0.2, -0.15) is 0 Å². The molecule has 0 bridgehead atoms. The Morgan fingerprint density at radius 1 is 1.24 bits per heavy atom. The highest BCUT2D eigenvalue weighted by Gasteiger charge is 2.24. The number of aromatic nitrogens is 1. The molecule has 0 saturated heterocycles. The van der Waals surface area contributed by atoms with Gasteiger partial charge >= 0.3 is 0 Å². The van der Waals surface area contributed by atoms with Crippen molar-refractivity contribution in [1.82, 2.24) is 5.16 Å². The van der Waals surface area contributed by atoms with Crippen molar-refractivity contribution in [3.63, 3.8) is 0 Å². The first-order valence-electron chi connectivity index (χ1n) is 7.58. The van der Waals surface area contributed by atoms with Crippen LogP contribution in [0.2, 0.25) is 5.02 Å². The number of ether oxygens (including phenoxy) is 1. The monoisotopic (exact) mass is 380 g/mol. The lowest BCUT2D eigenvalue weighted by atomic mass is 10.0. The lowest BCUT2D eigenvalue weighted by molar-refractivity contribution is 0.402. The largest absolute Gasteiger partial charge is 0.495 e. The Hall–Kier alpha value is -2.25. The normalized spacial score (nSPS) is 11.9. The van der Waals surface area contributed by atoms with Gasteiger partial charge in [0.15, 0.2) is 11.4 Å². The molecule has 2 aromatic carbocycles. The highest BCUT2D eigenvalue weighted by Crippen LogP contribution is 2.33. The number of hydrogen-bond donors (Lipinski definition) is 1. The third-order valence-electron chi connectivity index (χ3n) is 3.82. The van der Waals surface area contributed by atoms with Crippen LogP contribution in [0.15, 0.2) is 45.8 Å². The Bertz CT molecular complexity index is 1030. The van der Waals surface area contributed by atoms with Crippen LogP contribution in [0.3, 0.4) is 0 Å². The van der Waals surface area contributed by atoms with E-state index < -0.39 is 10.0 Å². The molecule has 6 nitrogen and oxygen atoms in total. The van der Waals surface area contributed by atoms with Crippen LogP contribution in [-0.4, -0.2) is 20.7 Å². The van der Waals surface area contributed by atoms with Gasteiger partial charge in [-0.1, -0.05) is 42.7 Å². The molecule has 0 amide bonds.